The van der Waals surface area contributed by atoms with Crippen molar-refractivity contribution >= 4 is 73.7 Å². The second-order valence-corrected chi connectivity index (χ2v) is 34.1. The van der Waals surface area contributed by atoms with E-state index >= 15 is 0 Å². The average molecular weight is 1840 g/mol. The van der Waals surface area contributed by atoms with Gasteiger partial charge in [0.2, 0.25) is 71.2 Å². The molecule has 1 saturated carbocycles. The minimum Gasteiger partial charge on any atom is -0.424 e. The predicted octanol–water partition coefficient (Wildman–Crippen LogP) is 18.3. The molecular weight excluding hydrogens is 1730 g/mol. The Balaban J connectivity index is 0.000000125. The Kier molecular flexibility index (Phi) is 31.0. The van der Waals surface area contributed by atoms with Crippen molar-refractivity contribution in [1.82, 2.24) is 160 Å². The van der Waals surface area contributed by atoms with Crippen LogP contribution in [0.2, 0.25) is 0 Å². The van der Waals surface area contributed by atoms with Crippen molar-refractivity contribution in [3.63, 3.8) is 0 Å². The summed E-state index contributed by atoms with van der Waals surface area (Å²) in [6.45, 7) is 32.9. The van der Waals surface area contributed by atoms with Gasteiger partial charge in [0.25, 0.3) is 0 Å². The van der Waals surface area contributed by atoms with Crippen LogP contribution in [0.25, 0.3) is 142 Å². The van der Waals surface area contributed by atoms with Gasteiger partial charge in [-0.15, -0.1) is 91.8 Å². The van der Waals surface area contributed by atoms with E-state index < -0.39 is 0 Å². The fraction of sp³-hybridized carbons (Fsp3) is 0.273. The SMILES string of the molecule is Cc1cc(C)cc(-c2ncn(/C=C\c3nnc(C(C)C)o3)n2)c1.Cc1cc(C)cc(-c2ncn(/C=C\c3nnc(C)o3)n2)c1.Cc1cc(C)cc(-c2ncn(/C=C\c3nnc(C4CCCC4)o3)n2)c1.Cc1cc(C)cc(-c2ncn(/C=C\c3nnc(C4CNC4)o3)n2)c1.Cc1cc(C)cc(-c2ncn(/C=C\c3nnc(CN(C)C)o3)n2)c1.Cc1cc(C)cc(-c2ncn(/C=C\c3nnco3)n2)c1. The first kappa shape index (κ1) is 95.0. The average Bonchev–Trinajstić information content (AvgIpc) is 1.76. The third-order valence-electron chi connectivity index (χ3n) is 20.7. The van der Waals surface area contributed by atoms with Crippen molar-refractivity contribution in [3.8, 4) is 68.3 Å². The molecule has 6 aromatic carbocycles. The molecule has 12 aromatic heterocycles. The quantitative estimate of drug-likeness (QED) is 0.0621. The first-order valence-electron chi connectivity index (χ1n) is 44.5. The molecule has 0 amide bonds. The maximum Gasteiger partial charge on any atom is 0.242 e. The lowest BCUT2D eigenvalue weighted by Crippen LogP contribution is -2.40. The lowest BCUT2D eigenvalue weighted by Gasteiger charge is -2.22. The Hall–Kier alpha value is -16.6. The molecule has 0 bridgehead atoms. The molecule has 0 radical (unpaired) electrons. The molecule has 137 heavy (non-hydrogen) atoms. The number of benzene rings is 6. The van der Waals surface area contributed by atoms with Gasteiger partial charge in [0, 0.05) is 139 Å². The lowest BCUT2D eigenvalue weighted by atomic mass is 10.0. The highest BCUT2D eigenvalue weighted by Crippen LogP contribution is 2.34. The summed E-state index contributed by atoms with van der Waals surface area (Å²) in [5, 5.41) is 77.1. The van der Waals surface area contributed by atoms with E-state index in [1.807, 2.05) is 32.8 Å². The van der Waals surface area contributed by atoms with Crippen LogP contribution in [0.15, 0.2) is 180 Å². The molecule has 2 fully saturated rings. The highest BCUT2D eigenvalue weighted by atomic mass is 16.4. The van der Waals surface area contributed by atoms with Crippen LogP contribution in [0.3, 0.4) is 0 Å². The number of nitrogens with zero attached hydrogens (tertiary/aromatic N) is 31. The molecular formula is C99H106N32O6. The number of hydrogen-bond acceptors (Lipinski definition) is 32. The summed E-state index contributed by atoms with van der Waals surface area (Å²) in [4.78, 5) is 28.0. The Labute approximate surface area is 790 Å². The summed E-state index contributed by atoms with van der Waals surface area (Å²) >= 11 is 0. The second-order valence-electron chi connectivity index (χ2n) is 34.1. The topological polar surface area (TPSA) is 433 Å². The number of aromatic nitrogens is 30. The van der Waals surface area contributed by atoms with Crippen molar-refractivity contribution in [2.24, 2.45) is 0 Å². The van der Waals surface area contributed by atoms with Crippen LogP contribution < -0.4 is 5.32 Å². The van der Waals surface area contributed by atoms with Crippen LogP contribution in [-0.4, -0.2) is 182 Å². The van der Waals surface area contributed by atoms with Gasteiger partial charge in [0.05, 0.1) is 12.5 Å². The van der Waals surface area contributed by atoms with Crippen LogP contribution in [0.4, 0.5) is 0 Å². The second kappa shape index (κ2) is 44.7. The van der Waals surface area contributed by atoms with Crippen LogP contribution >= 0.6 is 0 Å². The summed E-state index contributed by atoms with van der Waals surface area (Å²) in [6.07, 6.45) is 36.8. The minimum absolute atomic E-state index is 0.215. The number of hydrogen-bond donors (Lipinski definition) is 1. The minimum atomic E-state index is 0.215. The third-order valence-corrected chi connectivity index (χ3v) is 20.7. The standard InChI is InChI=1S/C19H21N5O.C17H18N6O.C17H20N6O.C17H19N5O.C15H15N5O.C14H13N5O/c1-13-9-14(2)11-16(10-13)18-20-12-24(23-18)8-7-17-21-22-19(25-17)15-5-3-4-6-15;1-11-5-12(2)7-13(6-11)16-19-10-23(22-16)4-3-15-20-21-17(24-15)14-8-18-9-14;1-12-7-13(2)9-14(8-12)17-18-11-23(21-17)6-5-15-19-20-16(24-15)10-22(3)4;1-11(2)17-20-19-15(23-17)5-6-22-10-18-16(21-22)14-8-12(3)7-13(4)9-14;1-10-6-11(2)8-13(7-10)15-16-9-20(19-15)5-4-14-18-17-12(3)21-14;1-10-5-11(2)7-12(6-10)14-15-8-19(18-14)4-3-13-17-16-9-20-13/h7-12,15H,3-6H2,1-2H3;3-7,10,14,18H,8-9H2,1-2H3;5-9,11H,10H2,1-4H3;5-11H,1-4H3;4-9H,1-3H3;3-9H,1-2H3/b8-7-;4-3-;2*6-5-;5-4-;4-3-. The summed E-state index contributed by atoms with van der Waals surface area (Å²) in [6, 6.07) is 37.6. The summed E-state index contributed by atoms with van der Waals surface area (Å²) in [5.41, 5.74) is 20.4. The molecule has 38 nitrogen and oxygen atoms in total. The van der Waals surface area contributed by atoms with Gasteiger partial charge < -0.3 is 36.7 Å². The number of aryl methyl sites for hydroxylation is 13. The molecule has 0 unspecified atom stereocenters. The van der Waals surface area contributed by atoms with E-state index in [2.05, 4.69) is 319 Å². The van der Waals surface area contributed by atoms with Gasteiger partial charge in [-0.25, -0.2) is 58.0 Å². The first-order valence-corrected chi connectivity index (χ1v) is 44.5. The largest absolute Gasteiger partial charge is 0.424 e. The summed E-state index contributed by atoms with van der Waals surface area (Å²) in [7, 11) is 3.90. The molecule has 20 rings (SSSR count). The van der Waals surface area contributed by atoms with Crippen molar-refractivity contribution in [3.05, 3.63) is 285 Å². The normalized spacial score (nSPS) is 12.9. The van der Waals surface area contributed by atoms with Crippen LogP contribution in [0, 0.1) is 90.0 Å². The molecule has 698 valence electrons. The van der Waals surface area contributed by atoms with Gasteiger partial charge in [-0.05, 0) is 183 Å². The van der Waals surface area contributed by atoms with Crippen LogP contribution in [0.1, 0.15) is 189 Å². The molecule has 1 saturated heterocycles. The maximum atomic E-state index is 5.74. The van der Waals surface area contributed by atoms with Gasteiger partial charge >= 0.3 is 0 Å². The van der Waals surface area contributed by atoms with Crippen molar-refractivity contribution in [2.45, 2.75) is 154 Å². The van der Waals surface area contributed by atoms with Gasteiger partial charge in [-0.2, -0.15) is 0 Å². The zero-order valence-corrected chi connectivity index (χ0v) is 79.4. The molecule has 1 aliphatic carbocycles. The van der Waals surface area contributed by atoms with E-state index in [1.54, 1.807) is 147 Å². The highest BCUT2D eigenvalue weighted by molar-refractivity contribution is 5.65. The molecule has 38 heteroatoms. The fourth-order valence-corrected chi connectivity index (χ4v) is 14.8. The first-order chi connectivity index (χ1) is 66.1. The highest BCUT2D eigenvalue weighted by Gasteiger charge is 2.26. The van der Waals surface area contributed by atoms with Gasteiger partial charge in [-0.1, -0.05) is 130 Å². The zero-order valence-electron chi connectivity index (χ0n) is 79.4. The smallest absolute Gasteiger partial charge is 0.242 e. The molecule has 13 heterocycles. The van der Waals surface area contributed by atoms with E-state index in [1.165, 1.54) is 86.0 Å². The summed E-state index contributed by atoms with van der Waals surface area (Å²) in [5.74, 6) is 11.0. The van der Waals surface area contributed by atoms with E-state index in [0.717, 1.165) is 65.2 Å². The van der Waals surface area contributed by atoms with Gasteiger partial charge in [0.1, 0.15) is 38.0 Å². The van der Waals surface area contributed by atoms with Crippen LogP contribution in [0.5, 0.6) is 0 Å². The third kappa shape index (κ3) is 27.5. The molecule has 2 aliphatic rings. The zero-order chi connectivity index (χ0) is 96.0. The molecule has 1 aliphatic heterocycles. The molecule has 0 spiro atoms. The van der Waals surface area contributed by atoms with Crippen LogP contribution in [-0.2, 0) is 6.54 Å². The van der Waals surface area contributed by atoms with E-state index in [4.69, 9.17) is 26.5 Å². The monoisotopic (exact) mass is 1840 g/mol. The van der Waals surface area contributed by atoms with Crippen molar-refractivity contribution < 1.29 is 26.5 Å². The van der Waals surface area contributed by atoms with Gasteiger partial charge in [0.15, 0.2) is 34.9 Å². The Morgan fingerprint density at radius 3 is 0.883 bits per heavy atom. The van der Waals surface area contributed by atoms with Crippen molar-refractivity contribution in [2.75, 3.05) is 27.2 Å². The molecule has 18 aromatic rings. The van der Waals surface area contributed by atoms with Crippen molar-refractivity contribution in [1.29, 1.82) is 0 Å². The fourth-order valence-electron chi connectivity index (χ4n) is 14.8. The predicted molar refractivity (Wildman–Crippen MR) is 520 cm³/mol. The van der Waals surface area contributed by atoms with E-state index in [0.29, 0.717) is 112 Å². The molecule has 0 atom stereocenters. The Bertz CT molecular complexity index is 7120. The maximum absolute atomic E-state index is 5.74. The summed E-state index contributed by atoms with van der Waals surface area (Å²) < 4.78 is 42.5. The Morgan fingerprint density at radius 1 is 0.321 bits per heavy atom. The lowest BCUT2D eigenvalue weighted by molar-refractivity contribution is 0.340. The van der Waals surface area contributed by atoms with E-state index in [-0.39, 0.29) is 5.92 Å². The number of nitrogens with one attached hydrogen (secondary N) is 1. The van der Waals surface area contributed by atoms with Gasteiger partial charge in [-0.3, -0.25) is 0 Å². The Morgan fingerprint density at radius 2 is 0.606 bits per heavy atom. The number of rotatable bonds is 23. The molecule has 1 N–H and O–H groups in total. The van der Waals surface area contributed by atoms with E-state index in [9.17, 15) is 0 Å².